The number of oxazole rings is 1. The van der Waals surface area contributed by atoms with Crippen molar-refractivity contribution in [2.24, 2.45) is 17.3 Å². The van der Waals surface area contributed by atoms with Crippen LogP contribution in [0.3, 0.4) is 0 Å². The van der Waals surface area contributed by atoms with Crippen molar-refractivity contribution >= 4 is 29.4 Å². The maximum Gasteiger partial charge on any atom is 0.223 e. The lowest BCUT2D eigenvalue weighted by atomic mass is 9.71. The molecule has 2 aliphatic rings. The van der Waals surface area contributed by atoms with Crippen LogP contribution in [0.15, 0.2) is 28.4 Å². The number of ether oxygens (including phenoxy) is 1. The fraction of sp³-hybridized carbons (Fsp3) is 0.679. The van der Waals surface area contributed by atoms with E-state index in [4.69, 9.17) is 20.8 Å². The summed E-state index contributed by atoms with van der Waals surface area (Å²) in [5, 5.41) is 25.4. The molecule has 3 rings (SSSR count). The van der Waals surface area contributed by atoms with Crippen molar-refractivity contribution in [3.05, 3.63) is 35.5 Å². The average Bonchev–Trinajstić information content (AvgIpc) is 3.27. The molecule has 37 heavy (non-hydrogen) atoms. The molecule has 7 unspecified atom stereocenters. The van der Waals surface area contributed by atoms with Gasteiger partial charge in [-0.2, -0.15) is 0 Å². The molecule has 0 aliphatic carbocycles. The van der Waals surface area contributed by atoms with Gasteiger partial charge in [-0.15, -0.1) is 6.58 Å². The van der Waals surface area contributed by atoms with Crippen LogP contribution in [0, 0.1) is 24.2 Å². The number of carbonyl (C=O) groups is 2. The van der Waals surface area contributed by atoms with E-state index in [9.17, 15) is 19.8 Å². The SMILES string of the molecule is C=CCC1C(=O)C(C)(C)C(O)CC(=O)NC(C(Cl)=Cc2coc(C)n2)CC2OC2(C)CCCC(C)C1O. The first kappa shape index (κ1) is 29.6. The summed E-state index contributed by atoms with van der Waals surface area (Å²) in [6.45, 7) is 12.7. The molecule has 8 nitrogen and oxygen atoms in total. The first-order valence-electron chi connectivity index (χ1n) is 13.1. The molecule has 2 fully saturated rings. The van der Waals surface area contributed by atoms with Gasteiger partial charge in [0, 0.05) is 24.3 Å². The number of hydrogen-bond acceptors (Lipinski definition) is 7. The highest BCUT2D eigenvalue weighted by molar-refractivity contribution is 6.32. The quantitative estimate of drug-likeness (QED) is 0.386. The number of amides is 1. The number of Topliss-reactive ketones (excluding diaryl/α,β-unsaturated/α-hetero) is 1. The first-order chi connectivity index (χ1) is 17.3. The maximum absolute atomic E-state index is 13.5. The van der Waals surface area contributed by atoms with Crippen molar-refractivity contribution in [3.63, 3.8) is 0 Å². The Bertz CT molecular complexity index is 1020. The standard InChI is InChI=1S/C28H41ClN2O6/c1-7-9-19-25(34)16(2)10-8-11-28(6)23(37-28)13-21(20(29)12-18-15-36-17(3)30-18)31-24(33)14-22(32)27(4,5)26(19)35/h7,12,15-16,19,21-23,25,32,34H,1,8-11,13-14H2,2-6H3,(H,31,33). The van der Waals surface area contributed by atoms with Gasteiger partial charge in [0.05, 0.1) is 41.8 Å². The highest BCUT2D eigenvalue weighted by Gasteiger charge is 2.52. The minimum Gasteiger partial charge on any atom is -0.449 e. The fourth-order valence-electron chi connectivity index (χ4n) is 5.20. The predicted molar refractivity (Wildman–Crippen MR) is 142 cm³/mol. The zero-order chi connectivity index (χ0) is 27.5. The van der Waals surface area contributed by atoms with Crippen LogP contribution < -0.4 is 5.32 Å². The van der Waals surface area contributed by atoms with Gasteiger partial charge >= 0.3 is 0 Å². The van der Waals surface area contributed by atoms with Crippen LogP contribution in [0.25, 0.3) is 6.08 Å². The average molecular weight is 537 g/mol. The van der Waals surface area contributed by atoms with Crippen molar-refractivity contribution in [2.45, 2.75) is 103 Å². The summed E-state index contributed by atoms with van der Waals surface area (Å²) in [7, 11) is 0. The number of allylic oxidation sites excluding steroid dienone is 1. The van der Waals surface area contributed by atoms with Gasteiger partial charge < -0.3 is 24.7 Å². The molecule has 206 valence electrons. The lowest BCUT2D eigenvalue weighted by molar-refractivity contribution is -0.143. The Balaban J connectivity index is 1.88. The van der Waals surface area contributed by atoms with Gasteiger partial charge in [0.2, 0.25) is 5.91 Å². The molecular weight excluding hydrogens is 496 g/mol. The van der Waals surface area contributed by atoms with E-state index < -0.39 is 35.5 Å². The molecule has 1 aromatic heterocycles. The van der Waals surface area contributed by atoms with Crippen LogP contribution >= 0.6 is 11.6 Å². The van der Waals surface area contributed by atoms with Gasteiger partial charge in [0.15, 0.2) is 5.89 Å². The second-order valence-electron chi connectivity index (χ2n) is 11.4. The molecule has 1 aromatic rings. The van der Waals surface area contributed by atoms with Crippen LogP contribution in [0.2, 0.25) is 0 Å². The fourth-order valence-corrected chi connectivity index (χ4v) is 5.46. The summed E-state index contributed by atoms with van der Waals surface area (Å²) < 4.78 is 11.3. The van der Waals surface area contributed by atoms with Crippen LogP contribution in [0.5, 0.6) is 0 Å². The Labute approximate surface area is 224 Å². The number of rotatable bonds is 4. The van der Waals surface area contributed by atoms with E-state index >= 15 is 0 Å². The monoisotopic (exact) mass is 536 g/mol. The summed E-state index contributed by atoms with van der Waals surface area (Å²) in [6, 6.07) is -0.564. The normalized spacial score (nSPS) is 35.9. The van der Waals surface area contributed by atoms with Gasteiger partial charge in [-0.3, -0.25) is 9.59 Å². The van der Waals surface area contributed by atoms with Crippen LogP contribution in [0.4, 0.5) is 0 Å². The van der Waals surface area contributed by atoms with E-state index in [2.05, 4.69) is 16.9 Å². The third-order valence-electron chi connectivity index (χ3n) is 8.01. The summed E-state index contributed by atoms with van der Waals surface area (Å²) >= 11 is 6.66. The molecule has 0 bridgehead atoms. The molecule has 9 heteroatoms. The summed E-state index contributed by atoms with van der Waals surface area (Å²) in [5.41, 5.74) is -1.07. The number of aliphatic hydroxyl groups is 2. The Morgan fingerprint density at radius 3 is 2.65 bits per heavy atom. The zero-order valence-electron chi connectivity index (χ0n) is 22.5. The van der Waals surface area contributed by atoms with Gasteiger partial charge in [0.25, 0.3) is 0 Å². The van der Waals surface area contributed by atoms with E-state index in [0.29, 0.717) is 29.5 Å². The lowest BCUT2D eigenvalue weighted by Crippen LogP contribution is -2.48. The Morgan fingerprint density at radius 1 is 1.32 bits per heavy atom. The van der Waals surface area contributed by atoms with Gasteiger partial charge in [-0.05, 0) is 38.2 Å². The predicted octanol–water partition coefficient (Wildman–Crippen LogP) is 4.31. The number of nitrogens with one attached hydrogen (secondary N) is 1. The third-order valence-corrected chi connectivity index (χ3v) is 8.38. The van der Waals surface area contributed by atoms with E-state index in [0.717, 1.165) is 19.3 Å². The second kappa shape index (κ2) is 11.8. The van der Waals surface area contributed by atoms with Crippen molar-refractivity contribution < 1.29 is 29.0 Å². The molecule has 0 aromatic carbocycles. The van der Waals surface area contributed by atoms with E-state index in [1.54, 1.807) is 32.9 Å². The topological polar surface area (TPSA) is 125 Å². The minimum absolute atomic E-state index is 0.108. The molecule has 7 atom stereocenters. The molecule has 2 saturated heterocycles. The van der Waals surface area contributed by atoms with Crippen molar-refractivity contribution in [1.82, 2.24) is 10.3 Å². The molecule has 0 saturated carbocycles. The van der Waals surface area contributed by atoms with Gasteiger partial charge in [-0.1, -0.05) is 44.9 Å². The number of ketones is 1. The van der Waals surface area contributed by atoms with Crippen molar-refractivity contribution in [2.75, 3.05) is 0 Å². The Kier molecular flexibility index (Phi) is 9.43. The summed E-state index contributed by atoms with van der Waals surface area (Å²) in [6.07, 6.45) is 5.27. The molecule has 3 heterocycles. The summed E-state index contributed by atoms with van der Waals surface area (Å²) in [5.74, 6) is -1.07. The number of fused-ring (bicyclic) bond motifs is 1. The highest BCUT2D eigenvalue weighted by atomic mass is 35.5. The summed E-state index contributed by atoms with van der Waals surface area (Å²) in [4.78, 5) is 30.9. The first-order valence-corrected chi connectivity index (χ1v) is 13.4. The van der Waals surface area contributed by atoms with Crippen molar-refractivity contribution in [3.8, 4) is 0 Å². The lowest BCUT2D eigenvalue weighted by Gasteiger charge is -2.36. The largest absolute Gasteiger partial charge is 0.449 e. The molecule has 3 N–H and O–H groups in total. The number of hydrogen-bond donors (Lipinski definition) is 3. The van der Waals surface area contributed by atoms with Crippen LogP contribution in [-0.4, -0.2) is 56.8 Å². The van der Waals surface area contributed by atoms with E-state index in [1.165, 1.54) is 6.26 Å². The van der Waals surface area contributed by atoms with Crippen LogP contribution in [0.1, 0.15) is 77.8 Å². The molecule has 2 aliphatic heterocycles. The van der Waals surface area contributed by atoms with E-state index in [1.807, 2.05) is 13.8 Å². The number of carbonyl (C=O) groups excluding carboxylic acids is 2. The van der Waals surface area contributed by atoms with Crippen molar-refractivity contribution in [1.29, 1.82) is 0 Å². The molecule has 0 radical (unpaired) electrons. The van der Waals surface area contributed by atoms with Crippen LogP contribution in [-0.2, 0) is 14.3 Å². The molecular formula is C28H41ClN2O6. The maximum atomic E-state index is 13.5. The minimum atomic E-state index is -1.26. The van der Waals surface area contributed by atoms with Gasteiger partial charge in [0.1, 0.15) is 17.7 Å². The number of epoxide rings is 1. The van der Waals surface area contributed by atoms with Gasteiger partial charge in [-0.25, -0.2) is 4.98 Å². The number of halogens is 1. The Hall–Kier alpha value is -2.00. The zero-order valence-corrected chi connectivity index (χ0v) is 23.3. The third kappa shape index (κ3) is 7.11. The van der Waals surface area contributed by atoms with E-state index in [-0.39, 0.29) is 29.8 Å². The smallest absolute Gasteiger partial charge is 0.223 e. The number of aromatic nitrogens is 1. The number of aliphatic hydroxyl groups excluding tert-OH is 2. The highest BCUT2D eigenvalue weighted by Crippen LogP contribution is 2.45. The number of nitrogens with zero attached hydrogens (tertiary/aromatic N) is 1. The Morgan fingerprint density at radius 2 is 2.03 bits per heavy atom. The number of aryl methyl sites for hydroxylation is 1. The molecule has 0 spiro atoms. The molecule has 1 amide bonds. The second-order valence-corrected chi connectivity index (χ2v) is 11.8.